The van der Waals surface area contributed by atoms with Crippen LogP contribution in [0, 0.1) is 11.3 Å². The molecule has 6 nitrogen and oxygen atoms in total. The highest BCUT2D eigenvalue weighted by atomic mass is 16.5. The fraction of sp³-hybridized carbons (Fsp3) is 0.500. The third kappa shape index (κ3) is 3.37. The Labute approximate surface area is 94.7 Å². The number of nitrogen functional groups attached to an aromatic ring is 1. The summed E-state index contributed by atoms with van der Waals surface area (Å²) in [6.45, 7) is 2.62. The van der Waals surface area contributed by atoms with Gasteiger partial charge >= 0.3 is 0 Å². The molecule has 0 aromatic carbocycles. The van der Waals surface area contributed by atoms with Gasteiger partial charge in [-0.25, -0.2) is 4.98 Å². The lowest BCUT2D eigenvalue weighted by atomic mass is 10.4. The number of likely N-dealkylation sites (N-methyl/N-ethyl adjacent to an activating group) is 1. The van der Waals surface area contributed by atoms with Gasteiger partial charge in [-0.05, 0) is 21.0 Å². The molecule has 0 saturated carbocycles. The third-order valence-electron chi connectivity index (χ3n) is 1.80. The van der Waals surface area contributed by atoms with Crippen molar-refractivity contribution in [1.82, 2.24) is 14.9 Å². The molecule has 0 aliphatic heterocycles. The minimum absolute atomic E-state index is 0.0850. The number of aromatic nitrogens is 2. The second kappa shape index (κ2) is 5.28. The third-order valence-corrected chi connectivity index (χ3v) is 1.80. The van der Waals surface area contributed by atoms with Crippen molar-refractivity contribution in [3.63, 3.8) is 0 Å². The van der Waals surface area contributed by atoms with E-state index in [1.54, 1.807) is 0 Å². The van der Waals surface area contributed by atoms with E-state index in [9.17, 15) is 0 Å². The minimum atomic E-state index is -0.0850. The first-order chi connectivity index (χ1) is 7.52. The van der Waals surface area contributed by atoms with Gasteiger partial charge in [0.15, 0.2) is 0 Å². The molecule has 1 rings (SSSR count). The SMILES string of the molecule is C[C@H](CN(C)C)Oc1nc(N)cnc1C#N. The lowest BCUT2D eigenvalue weighted by Crippen LogP contribution is -2.28. The second-order valence-corrected chi connectivity index (χ2v) is 3.75. The summed E-state index contributed by atoms with van der Waals surface area (Å²) in [6, 6.07) is 1.91. The normalized spacial score (nSPS) is 12.2. The topological polar surface area (TPSA) is 88.1 Å². The van der Waals surface area contributed by atoms with Crippen molar-refractivity contribution in [2.24, 2.45) is 0 Å². The monoisotopic (exact) mass is 221 g/mol. The first kappa shape index (κ1) is 12.2. The summed E-state index contributed by atoms with van der Waals surface area (Å²) < 4.78 is 5.51. The molecule has 1 heterocycles. The van der Waals surface area contributed by atoms with Crippen molar-refractivity contribution in [2.45, 2.75) is 13.0 Å². The number of ether oxygens (including phenoxy) is 1. The Morgan fingerprint density at radius 2 is 2.31 bits per heavy atom. The number of rotatable bonds is 4. The molecular formula is C10H15N5O. The molecule has 0 fully saturated rings. The molecule has 0 unspecified atom stereocenters. The average Bonchev–Trinajstić information content (AvgIpc) is 2.16. The van der Waals surface area contributed by atoms with Gasteiger partial charge in [-0.15, -0.1) is 0 Å². The van der Waals surface area contributed by atoms with E-state index in [2.05, 4.69) is 9.97 Å². The molecule has 1 atom stereocenters. The number of hydrogen-bond donors (Lipinski definition) is 1. The van der Waals surface area contributed by atoms with E-state index in [0.29, 0.717) is 0 Å². The molecule has 0 aliphatic rings. The van der Waals surface area contributed by atoms with Gasteiger partial charge in [-0.3, -0.25) is 0 Å². The lowest BCUT2D eigenvalue weighted by Gasteiger charge is -2.18. The van der Waals surface area contributed by atoms with Crippen LogP contribution in [-0.4, -0.2) is 41.6 Å². The van der Waals surface area contributed by atoms with E-state index in [1.165, 1.54) is 6.20 Å². The van der Waals surface area contributed by atoms with Crippen LogP contribution in [0.1, 0.15) is 12.6 Å². The number of nitrogens with two attached hydrogens (primary N) is 1. The second-order valence-electron chi connectivity index (χ2n) is 3.75. The van der Waals surface area contributed by atoms with Gasteiger partial charge in [0, 0.05) is 6.54 Å². The molecule has 0 amide bonds. The predicted octanol–water partition coefficient (Wildman–Crippen LogP) is 0.259. The van der Waals surface area contributed by atoms with Crippen molar-refractivity contribution < 1.29 is 4.74 Å². The van der Waals surface area contributed by atoms with Gasteiger partial charge in [0.1, 0.15) is 18.0 Å². The highest BCUT2D eigenvalue weighted by Gasteiger charge is 2.12. The first-order valence-electron chi connectivity index (χ1n) is 4.87. The van der Waals surface area contributed by atoms with Crippen LogP contribution >= 0.6 is 0 Å². The van der Waals surface area contributed by atoms with Gasteiger partial charge < -0.3 is 15.4 Å². The number of nitrogens with zero attached hydrogens (tertiary/aromatic N) is 4. The molecule has 1 aromatic heterocycles. The molecule has 0 bridgehead atoms. The van der Waals surface area contributed by atoms with E-state index in [4.69, 9.17) is 15.7 Å². The Morgan fingerprint density at radius 3 is 2.88 bits per heavy atom. The van der Waals surface area contributed by atoms with Crippen molar-refractivity contribution in [2.75, 3.05) is 26.4 Å². The largest absolute Gasteiger partial charge is 0.471 e. The van der Waals surface area contributed by atoms with Gasteiger partial charge in [-0.1, -0.05) is 0 Å². The van der Waals surface area contributed by atoms with Crippen LogP contribution in [0.3, 0.4) is 0 Å². The average molecular weight is 221 g/mol. The van der Waals surface area contributed by atoms with E-state index >= 15 is 0 Å². The summed E-state index contributed by atoms with van der Waals surface area (Å²) in [4.78, 5) is 9.77. The molecule has 16 heavy (non-hydrogen) atoms. The lowest BCUT2D eigenvalue weighted by molar-refractivity contribution is 0.169. The van der Waals surface area contributed by atoms with Crippen molar-refractivity contribution in [3.05, 3.63) is 11.9 Å². The fourth-order valence-electron chi connectivity index (χ4n) is 1.29. The quantitative estimate of drug-likeness (QED) is 0.784. The van der Waals surface area contributed by atoms with Crippen LogP contribution in [0.2, 0.25) is 0 Å². The van der Waals surface area contributed by atoms with Crippen LogP contribution < -0.4 is 10.5 Å². The number of anilines is 1. The summed E-state index contributed by atoms with van der Waals surface area (Å²) in [7, 11) is 3.88. The van der Waals surface area contributed by atoms with Gasteiger partial charge in [0.05, 0.1) is 6.20 Å². The highest BCUT2D eigenvalue weighted by Crippen LogP contribution is 2.14. The molecule has 6 heteroatoms. The van der Waals surface area contributed by atoms with E-state index in [-0.39, 0.29) is 23.5 Å². The molecule has 0 aliphatic carbocycles. The van der Waals surface area contributed by atoms with E-state index < -0.39 is 0 Å². The van der Waals surface area contributed by atoms with Gasteiger partial charge in [-0.2, -0.15) is 10.2 Å². The maximum Gasteiger partial charge on any atom is 0.253 e. The summed E-state index contributed by atoms with van der Waals surface area (Å²) in [6.07, 6.45) is 1.25. The molecule has 0 saturated heterocycles. The molecule has 1 aromatic rings. The summed E-state index contributed by atoms with van der Waals surface area (Å²) in [5.74, 6) is 0.433. The van der Waals surface area contributed by atoms with Gasteiger partial charge in [0.25, 0.3) is 5.88 Å². The standard InChI is InChI=1S/C10H15N5O/c1-7(6-15(2)3)16-10-8(4-11)13-5-9(12)14-10/h5,7H,6H2,1-3H3,(H2,12,14)/t7-/m1/s1. The van der Waals surface area contributed by atoms with Crippen LogP contribution in [0.4, 0.5) is 5.82 Å². The maximum atomic E-state index is 8.82. The summed E-state index contributed by atoms with van der Waals surface area (Å²) >= 11 is 0. The predicted molar refractivity (Wildman–Crippen MR) is 59.8 cm³/mol. The van der Waals surface area contributed by atoms with Crippen molar-refractivity contribution in [1.29, 1.82) is 5.26 Å². The zero-order chi connectivity index (χ0) is 12.1. The zero-order valence-corrected chi connectivity index (χ0v) is 9.64. The van der Waals surface area contributed by atoms with Crippen molar-refractivity contribution >= 4 is 5.82 Å². The van der Waals surface area contributed by atoms with Crippen LogP contribution in [0.25, 0.3) is 0 Å². The van der Waals surface area contributed by atoms with Crippen molar-refractivity contribution in [3.8, 4) is 11.9 Å². The fourth-order valence-corrected chi connectivity index (χ4v) is 1.29. The molecule has 86 valence electrons. The van der Waals surface area contributed by atoms with Crippen LogP contribution in [0.15, 0.2) is 6.20 Å². The Bertz CT molecular complexity index is 399. The smallest absolute Gasteiger partial charge is 0.253 e. The zero-order valence-electron chi connectivity index (χ0n) is 9.64. The Hall–Kier alpha value is -1.87. The molecule has 2 N–H and O–H groups in total. The summed E-state index contributed by atoms with van der Waals surface area (Å²) in [5.41, 5.74) is 5.64. The Balaban J connectivity index is 2.80. The first-order valence-corrected chi connectivity index (χ1v) is 4.87. The van der Waals surface area contributed by atoms with Gasteiger partial charge in [0.2, 0.25) is 5.69 Å². The maximum absolute atomic E-state index is 8.82. The Kier molecular flexibility index (Phi) is 4.03. The Morgan fingerprint density at radius 1 is 1.62 bits per heavy atom. The summed E-state index contributed by atoms with van der Waals surface area (Å²) in [5, 5.41) is 8.82. The van der Waals surface area contributed by atoms with Crippen LogP contribution in [-0.2, 0) is 0 Å². The number of hydrogen-bond acceptors (Lipinski definition) is 6. The highest BCUT2D eigenvalue weighted by molar-refractivity contribution is 5.37. The molecule has 0 radical (unpaired) electrons. The van der Waals surface area contributed by atoms with E-state index in [1.807, 2.05) is 32.0 Å². The molecule has 0 spiro atoms. The van der Waals surface area contributed by atoms with Crippen LogP contribution in [0.5, 0.6) is 5.88 Å². The number of nitriles is 1. The molecular weight excluding hydrogens is 206 g/mol. The van der Waals surface area contributed by atoms with E-state index in [0.717, 1.165) is 6.54 Å². The minimum Gasteiger partial charge on any atom is -0.471 e.